The third-order valence-electron chi connectivity index (χ3n) is 7.47. The van der Waals surface area contributed by atoms with Gasteiger partial charge in [-0.1, -0.05) is 42.5 Å². The lowest BCUT2D eigenvalue weighted by atomic mass is 10.0. The summed E-state index contributed by atoms with van der Waals surface area (Å²) in [6.45, 7) is 1.30. The van der Waals surface area contributed by atoms with E-state index in [-0.39, 0.29) is 37.9 Å². The highest BCUT2D eigenvalue weighted by atomic mass is 16.5. The van der Waals surface area contributed by atoms with Crippen molar-refractivity contribution in [1.82, 2.24) is 36.0 Å². The van der Waals surface area contributed by atoms with Crippen LogP contribution >= 0.6 is 0 Å². The van der Waals surface area contributed by atoms with Crippen LogP contribution in [-0.4, -0.2) is 75.3 Å². The summed E-state index contributed by atoms with van der Waals surface area (Å²) in [5.74, 6) is -0.234. The van der Waals surface area contributed by atoms with Crippen molar-refractivity contribution in [2.24, 2.45) is 5.92 Å². The molecule has 0 saturated heterocycles. The Balaban J connectivity index is 1.40. The van der Waals surface area contributed by atoms with Crippen LogP contribution in [0.15, 0.2) is 54.6 Å². The number of benzene rings is 2. The van der Waals surface area contributed by atoms with E-state index in [1.807, 2.05) is 30.3 Å². The molecule has 2 aliphatic heterocycles. The summed E-state index contributed by atoms with van der Waals surface area (Å²) >= 11 is 0. The molecule has 3 aliphatic rings. The van der Waals surface area contributed by atoms with Gasteiger partial charge in [0.2, 0.25) is 23.6 Å². The molecule has 0 radical (unpaired) electrons. The number of nitrogens with one attached hydrogen (secondary N) is 4. The molecule has 4 amide bonds. The van der Waals surface area contributed by atoms with Crippen molar-refractivity contribution in [2.45, 2.75) is 57.3 Å². The number of carbonyl (C=O) groups excluding carboxylic acids is 4. The van der Waals surface area contributed by atoms with Gasteiger partial charge in [-0.25, -0.2) is 9.67 Å². The van der Waals surface area contributed by atoms with Crippen molar-refractivity contribution >= 4 is 23.6 Å². The molecule has 2 aromatic carbocycles. The number of aliphatic hydroxyl groups is 1. The highest BCUT2D eigenvalue weighted by molar-refractivity contribution is 5.92. The number of nitrogens with zero attached hydrogens (tertiary/aromatic N) is 3. The fraction of sp³-hybridized carbons (Fsp3) is 0.419. The number of rotatable bonds is 5. The van der Waals surface area contributed by atoms with Crippen LogP contribution < -0.4 is 26.0 Å². The molecule has 6 rings (SSSR count). The molecule has 3 atom stereocenters. The smallest absolute Gasteiger partial charge is 0.245 e. The van der Waals surface area contributed by atoms with Gasteiger partial charge >= 0.3 is 0 Å². The second-order valence-electron chi connectivity index (χ2n) is 11.1. The molecule has 13 heteroatoms. The van der Waals surface area contributed by atoms with Gasteiger partial charge in [-0.15, -0.1) is 0 Å². The predicted molar refractivity (Wildman–Crippen MR) is 159 cm³/mol. The Hall–Kier alpha value is -4.78. The molecular formula is C31H37N7O6. The maximum absolute atomic E-state index is 13.4. The second kappa shape index (κ2) is 14.1. The minimum absolute atomic E-state index is 0.160. The number of aliphatic hydroxyl groups excluding tert-OH is 1. The van der Waals surface area contributed by atoms with Gasteiger partial charge in [-0.2, -0.15) is 5.10 Å². The first-order chi connectivity index (χ1) is 21.3. The normalized spacial score (nSPS) is 21.7. The van der Waals surface area contributed by atoms with Crippen LogP contribution in [0.4, 0.5) is 0 Å². The Kier molecular flexibility index (Phi) is 9.85. The first-order valence-electron chi connectivity index (χ1n) is 14.8. The maximum Gasteiger partial charge on any atom is 0.245 e. The van der Waals surface area contributed by atoms with Crippen LogP contribution in [0.3, 0.4) is 0 Å². The number of hydrogen-bond acceptors (Lipinski definition) is 8. The summed E-state index contributed by atoms with van der Waals surface area (Å²) in [4.78, 5) is 56.8. The summed E-state index contributed by atoms with van der Waals surface area (Å²) in [5, 5.41) is 25.6. The van der Waals surface area contributed by atoms with Crippen molar-refractivity contribution in [3.05, 3.63) is 66.0 Å². The molecule has 0 spiro atoms. The van der Waals surface area contributed by atoms with Crippen LogP contribution in [0.2, 0.25) is 0 Å². The predicted octanol–water partition coefficient (Wildman–Crippen LogP) is 0.636. The van der Waals surface area contributed by atoms with Crippen molar-refractivity contribution in [1.29, 1.82) is 0 Å². The number of fused-ring (bicyclic) bond motifs is 14. The van der Waals surface area contributed by atoms with Gasteiger partial charge in [0, 0.05) is 18.4 Å². The second-order valence-corrected chi connectivity index (χ2v) is 11.1. The summed E-state index contributed by atoms with van der Waals surface area (Å²) in [6.07, 6.45) is 2.47. The Morgan fingerprint density at radius 2 is 1.80 bits per heavy atom. The Morgan fingerprint density at radius 3 is 2.50 bits per heavy atom. The molecule has 3 aromatic rings. The van der Waals surface area contributed by atoms with Gasteiger partial charge in [0.05, 0.1) is 19.2 Å². The van der Waals surface area contributed by atoms with E-state index < -0.39 is 36.5 Å². The molecule has 1 aliphatic carbocycles. The van der Waals surface area contributed by atoms with Crippen LogP contribution in [-0.2, 0) is 32.1 Å². The van der Waals surface area contributed by atoms with E-state index in [4.69, 9.17) is 4.74 Å². The highest BCUT2D eigenvalue weighted by Crippen LogP contribution is 2.32. The van der Waals surface area contributed by atoms with Crippen LogP contribution in [0.1, 0.15) is 43.6 Å². The first-order valence-corrected chi connectivity index (χ1v) is 14.8. The van der Waals surface area contributed by atoms with E-state index in [2.05, 4.69) is 31.3 Å². The van der Waals surface area contributed by atoms with Gasteiger partial charge in [-0.3, -0.25) is 19.2 Å². The maximum atomic E-state index is 13.4. The summed E-state index contributed by atoms with van der Waals surface area (Å²) < 4.78 is 7.18. The first kappa shape index (κ1) is 30.7. The lowest BCUT2D eigenvalue weighted by Crippen LogP contribution is -2.56. The lowest BCUT2D eigenvalue weighted by molar-refractivity contribution is -0.133. The van der Waals surface area contributed by atoms with E-state index in [1.165, 1.54) is 4.68 Å². The molecule has 1 fully saturated rings. The van der Waals surface area contributed by atoms with Crippen LogP contribution in [0.25, 0.3) is 11.4 Å². The quantitative estimate of drug-likeness (QED) is 0.282. The zero-order valence-corrected chi connectivity index (χ0v) is 24.5. The van der Waals surface area contributed by atoms with Crippen molar-refractivity contribution < 1.29 is 29.0 Å². The largest absolute Gasteiger partial charge is 0.492 e. The summed E-state index contributed by atoms with van der Waals surface area (Å²) in [5.41, 5.74) is 1.49. The fourth-order valence-corrected chi connectivity index (χ4v) is 4.90. The minimum atomic E-state index is -1.30. The third-order valence-corrected chi connectivity index (χ3v) is 7.47. The highest BCUT2D eigenvalue weighted by Gasteiger charge is 2.31. The lowest BCUT2D eigenvalue weighted by Gasteiger charge is -2.24. The van der Waals surface area contributed by atoms with E-state index in [0.29, 0.717) is 29.7 Å². The van der Waals surface area contributed by atoms with Gasteiger partial charge < -0.3 is 31.1 Å². The van der Waals surface area contributed by atoms with E-state index in [9.17, 15) is 24.3 Å². The molecule has 0 unspecified atom stereocenters. The molecule has 5 N–H and O–H groups in total. The van der Waals surface area contributed by atoms with Crippen LogP contribution in [0, 0.1) is 5.92 Å². The molecule has 44 heavy (non-hydrogen) atoms. The Bertz CT molecular complexity index is 1470. The van der Waals surface area contributed by atoms with Gasteiger partial charge in [0.15, 0.2) is 5.82 Å². The van der Waals surface area contributed by atoms with Crippen molar-refractivity contribution in [2.75, 3.05) is 19.8 Å². The number of hydrogen-bond donors (Lipinski definition) is 5. The molecule has 3 heterocycles. The zero-order valence-electron chi connectivity index (χ0n) is 24.5. The molecular weight excluding hydrogens is 566 g/mol. The topological polar surface area (TPSA) is 177 Å². The number of carbonyl (C=O) groups is 4. The minimum Gasteiger partial charge on any atom is -0.492 e. The number of aromatic nitrogens is 3. The van der Waals surface area contributed by atoms with E-state index >= 15 is 0 Å². The van der Waals surface area contributed by atoms with Crippen molar-refractivity contribution in [3.63, 3.8) is 0 Å². The van der Waals surface area contributed by atoms with E-state index in [0.717, 1.165) is 24.0 Å². The molecule has 13 nitrogen and oxygen atoms in total. The molecule has 1 saturated carbocycles. The molecule has 2 bridgehead atoms. The Labute approximate surface area is 254 Å². The number of ether oxygens (including phenoxy) is 1. The van der Waals surface area contributed by atoms with Gasteiger partial charge in [-0.05, 0) is 43.4 Å². The Morgan fingerprint density at radius 1 is 1.05 bits per heavy atom. The van der Waals surface area contributed by atoms with Crippen molar-refractivity contribution in [3.8, 4) is 17.1 Å². The van der Waals surface area contributed by atoms with Gasteiger partial charge in [0.1, 0.15) is 36.8 Å². The third kappa shape index (κ3) is 8.19. The molecule has 232 valence electrons. The summed E-state index contributed by atoms with van der Waals surface area (Å²) in [7, 11) is 0. The fourth-order valence-electron chi connectivity index (χ4n) is 4.90. The average molecular weight is 604 g/mol. The standard InChI is InChI=1S/C31H37N7O6/c1-19-29-36-28(22-5-3-2-4-6-22)37-38(29)17-27(41)32-13-14-44-23-11-9-20(10-12-23)15-24(34-26(40)16-21-7-8-21)30(42)35-25(18-39)31(43)33-19/h2-6,9-12,19,21,24-25,39H,7-8,13-18H2,1H3,(H,32,41)(H,33,43)(H,34,40)(H,35,42)/t19-,24-,25-/m0/s1. The molecule has 1 aromatic heterocycles. The number of amides is 4. The zero-order chi connectivity index (χ0) is 31.1. The SMILES string of the molecule is C[C@@H]1NC(=O)[C@H](CO)NC(=O)[C@@H](NC(=O)CC2CC2)Cc2ccc(cc2)OCCNC(=O)Cn2nc(-c3ccccc3)nc21. The van der Waals surface area contributed by atoms with E-state index in [1.54, 1.807) is 31.2 Å². The monoisotopic (exact) mass is 603 g/mol. The summed E-state index contributed by atoms with van der Waals surface area (Å²) in [6, 6.07) is 13.3. The van der Waals surface area contributed by atoms with Crippen LogP contribution in [0.5, 0.6) is 5.75 Å². The van der Waals surface area contributed by atoms with Gasteiger partial charge in [0.25, 0.3) is 0 Å². The average Bonchev–Trinajstić information content (AvgIpc) is 3.73.